The third-order valence-electron chi connectivity index (χ3n) is 5.40. The Bertz CT molecular complexity index is 346. The van der Waals surface area contributed by atoms with Gasteiger partial charge >= 0.3 is 0 Å². The first-order chi connectivity index (χ1) is 8.40. The fourth-order valence-corrected chi connectivity index (χ4v) is 4.43. The van der Waals surface area contributed by atoms with Gasteiger partial charge in [-0.05, 0) is 56.8 Å². The molecule has 0 aromatic carbocycles. The highest BCUT2D eigenvalue weighted by Gasteiger charge is 2.38. The number of nitrogens with zero attached hydrogens (tertiary/aromatic N) is 2. The van der Waals surface area contributed by atoms with Crippen molar-refractivity contribution in [2.75, 3.05) is 0 Å². The maximum Gasteiger partial charge on any atom is 0.0727 e. The second-order valence-corrected chi connectivity index (χ2v) is 6.43. The van der Waals surface area contributed by atoms with E-state index >= 15 is 0 Å². The molecule has 0 aromatic heterocycles. The first-order valence-corrected chi connectivity index (χ1v) is 7.54. The highest BCUT2D eigenvalue weighted by molar-refractivity contribution is 6.43. The van der Waals surface area contributed by atoms with Crippen LogP contribution in [0.4, 0.5) is 0 Å². The molecule has 1 aliphatic heterocycles. The van der Waals surface area contributed by atoms with Gasteiger partial charge in [-0.25, -0.2) is 0 Å². The Labute approximate surface area is 104 Å². The van der Waals surface area contributed by atoms with Crippen LogP contribution in [0.25, 0.3) is 0 Å². The summed E-state index contributed by atoms with van der Waals surface area (Å²) >= 11 is 0. The number of rotatable bonds is 0. The normalized spacial score (nSPS) is 44.2. The van der Waals surface area contributed by atoms with Crippen LogP contribution < -0.4 is 0 Å². The summed E-state index contributed by atoms with van der Waals surface area (Å²) in [6.07, 6.45) is 12.2. The summed E-state index contributed by atoms with van der Waals surface area (Å²) in [5.41, 5.74) is 2.83. The molecule has 0 bridgehead atoms. The quantitative estimate of drug-likeness (QED) is 0.609. The molecular weight excluding hydrogens is 208 g/mol. The average molecular weight is 230 g/mol. The molecule has 4 rings (SSSR count). The molecule has 0 saturated heterocycles. The smallest absolute Gasteiger partial charge is 0.0727 e. The van der Waals surface area contributed by atoms with Gasteiger partial charge in [0.25, 0.3) is 0 Å². The predicted octanol–water partition coefficient (Wildman–Crippen LogP) is 3.40. The number of fused-ring (bicyclic) bond motifs is 3. The first kappa shape index (κ1) is 10.3. The lowest BCUT2D eigenvalue weighted by Crippen LogP contribution is -2.39. The van der Waals surface area contributed by atoms with E-state index < -0.39 is 0 Å². The molecule has 3 fully saturated rings. The van der Waals surface area contributed by atoms with E-state index in [0.717, 1.165) is 11.8 Å². The lowest BCUT2D eigenvalue weighted by Gasteiger charge is -2.38. The van der Waals surface area contributed by atoms with Gasteiger partial charge in [0.05, 0.1) is 23.5 Å². The summed E-state index contributed by atoms with van der Waals surface area (Å²) in [6, 6.07) is 1.13. The van der Waals surface area contributed by atoms with Gasteiger partial charge in [-0.15, -0.1) is 0 Å². The third-order valence-corrected chi connectivity index (χ3v) is 5.40. The van der Waals surface area contributed by atoms with Gasteiger partial charge in [-0.2, -0.15) is 0 Å². The van der Waals surface area contributed by atoms with Crippen LogP contribution in [0.3, 0.4) is 0 Å². The Morgan fingerprint density at radius 1 is 0.647 bits per heavy atom. The summed E-state index contributed by atoms with van der Waals surface area (Å²) in [4.78, 5) is 10.1. The molecule has 0 radical (unpaired) electrons. The van der Waals surface area contributed by atoms with Crippen molar-refractivity contribution in [2.24, 2.45) is 21.8 Å². The van der Waals surface area contributed by atoms with E-state index in [-0.39, 0.29) is 0 Å². The maximum atomic E-state index is 5.04. The molecule has 0 spiro atoms. The van der Waals surface area contributed by atoms with Crippen molar-refractivity contribution in [2.45, 2.75) is 69.9 Å². The predicted molar refractivity (Wildman–Crippen MR) is 71.0 cm³/mol. The van der Waals surface area contributed by atoms with Crippen LogP contribution in [0.15, 0.2) is 9.98 Å². The molecule has 0 aromatic rings. The highest BCUT2D eigenvalue weighted by Crippen LogP contribution is 2.41. The van der Waals surface area contributed by atoms with Crippen molar-refractivity contribution < 1.29 is 0 Å². The fraction of sp³-hybridized carbons (Fsp3) is 0.867. The minimum Gasteiger partial charge on any atom is -0.282 e. The molecule has 4 aliphatic rings. The molecule has 4 unspecified atom stereocenters. The lowest BCUT2D eigenvalue weighted by atomic mass is 9.69. The SMILES string of the molecule is C1CCC2CC3=NC4CCCC4N=C3CC2C1. The van der Waals surface area contributed by atoms with E-state index in [0.29, 0.717) is 12.1 Å². The topological polar surface area (TPSA) is 24.7 Å². The molecule has 3 saturated carbocycles. The van der Waals surface area contributed by atoms with Crippen molar-refractivity contribution in [1.29, 1.82) is 0 Å². The van der Waals surface area contributed by atoms with Crippen LogP contribution in [-0.4, -0.2) is 23.5 Å². The largest absolute Gasteiger partial charge is 0.282 e. The molecule has 3 aliphatic carbocycles. The highest BCUT2D eigenvalue weighted by atomic mass is 15.0. The number of hydrogen-bond acceptors (Lipinski definition) is 2. The van der Waals surface area contributed by atoms with Crippen molar-refractivity contribution in [3.8, 4) is 0 Å². The average Bonchev–Trinajstić information content (AvgIpc) is 2.80. The van der Waals surface area contributed by atoms with Crippen molar-refractivity contribution in [3.63, 3.8) is 0 Å². The van der Waals surface area contributed by atoms with Gasteiger partial charge in [-0.1, -0.05) is 12.8 Å². The van der Waals surface area contributed by atoms with Crippen LogP contribution in [0, 0.1) is 11.8 Å². The zero-order valence-electron chi connectivity index (χ0n) is 10.6. The third kappa shape index (κ3) is 1.68. The monoisotopic (exact) mass is 230 g/mol. The van der Waals surface area contributed by atoms with E-state index in [2.05, 4.69) is 0 Å². The Morgan fingerprint density at radius 3 is 1.71 bits per heavy atom. The molecular formula is C15H22N2. The summed E-state index contributed by atoms with van der Waals surface area (Å²) < 4.78 is 0. The van der Waals surface area contributed by atoms with Crippen molar-refractivity contribution >= 4 is 11.4 Å². The summed E-state index contributed by atoms with van der Waals surface area (Å²) in [5, 5.41) is 0. The van der Waals surface area contributed by atoms with Crippen molar-refractivity contribution in [1.82, 2.24) is 0 Å². The van der Waals surface area contributed by atoms with Crippen LogP contribution in [0.2, 0.25) is 0 Å². The molecule has 92 valence electrons. The van der Waals surface area contributed by atoms with Gasteiger partial charge in [0.2, 0.25) is 0 Å². The second kappa shape index (κ2) is 3.93. The van der Waals surface area contributed by atoms with Crippen LogP contribution in [0.5, 0.6) is 0 Å². The standard InChI is InChI=1S/C15H22N2/c1-2-5-11-9-15-14(8-10(11)4-1)16-12-6-3-7-13(12)17-15/h10-13H,1-9H2. The van der Waals surface area contributed by atoms with Gasteiger partial charge < -0.3 is 0 Å². The second-order valence-electron chi connectivity index (χ2n) is 6.43. The number of aliphatic imine (C=N–C) groups is 2. The van der Waals surface area contributed by atoms with E-state index in [9.17, 15) is 0 Å². The zero-order valence-corrected chi connectivity index (χ0v) is 10.6. The molecule has 2 heteroatoms. The molecule has 2 nitrogen and oxygen atoms in total. The molecule has 17 heavy (non-hydrogen) atoms. The Balaban J connectivity index is 1.61. The van der Waals surface area contributed by atoms with Crippen LogP contribution in [-0.2, 0) is 0 Å². The molecule has 0 amide bonds. The molecule has 4 atom stereocenters. The van der Waals surface area contributed by atoms with Gasteiger partial charge in [0.15, 0.2) is 0 Å². The minimum absolute atomic E-state index is 0.564. The Hall–Kier alpha value is -0.660. The van der Waals surface area contributed by atoms with E-state index in [4.69, 9.17) is 9.98 Å². The Kier molecular flexibility index (Phi) is 2.38. The van der Waals surface area contributed by atoms with Crippen LogP contribution in [0.1, 0.15) is 57.8 Å². The van der Waals surface area contributed by atoms with Crippen molar-refractivity contribution in [3.05, 3.63) is 0 Å². The van der Waals surface area contributed by atoms with E-state index in [1.807, 2.05) is 0 Å². The van der Waals surface area contributed by atoms with Crippen LogP contribution >= 0.6 is 0 Å². The molecule has 0 N–H and O–H groups in total. The Morgan fingerprint density at radius 2 is 1.18 bits per heavy atom. The summed E-state index contributed by atoms with van der Waals surface area (Å²) in [6.45, 7) is 0. The lowest BCUT2D eigenvalue weighted by molar-refractivity contribution is 0.243. The summed E-state index contributed by atoms with van der Waals surface area (Å²) in [7, 11) is 0. The fourth-order valence-electron chi connectivity index (χ4n) is 4.43. The zero-order chi connectivity index (χ0) is 11.2. The first-order valence-electron chi connectivity index (χ1n) is 7.54. The molecule has 1 heterocycles. The van der Waals surface area contributed by atoms with E-state index in [1.165, 1.54) is 69.2 Å². The van der Waals surface area contributed by atoms with Gasteiger partial charge in [0, 0.05) is 0 Å². The van der Waals surface area contributed by atoms with Gasteiger partial charge in [0.1, 0.15) is 0 Å². The summed E-state index contributed by atoms with van der Waals surface area (Å²) in [5.74, 6) is 1.89. The van der Waals surface area contributed by atoms with E-state index in [1.54, 1.807) is 0 Å². The minimum atomic E-state index is 0.564. The van der Waals surface area contributed by atoms with Gasteiger partial charge in [-0.3, -0.25) is 9.98 Å². The maximum absolute atomic E-state index is 5.04. The number of hydrogen-bond donors (Lipinski definition) is 0.